The quantitative estimate of drug-likeness (QED) is 0.878. The fraction of sp³-hybridized carbons (Fsp3) is 0.684. The minimum Gasteiger partial charge on any atom is -0.312 e. The van der Waals surface area contributed by atoms with Gasteiger partial charge in [0.2, 0.25) is 0 Å². The predicted molar refractivity (Wildman–Crippen MR) is 91.8 cm³/mol. The number of hydrogen-bond acceptors (Lipinski definition) is 2. The second-order valence-corrected chi connectivity index (χ2v) is 7.03. The Morgan fingerprint density at radius 1 is 1.14 bits per heavy atom. The van der Waals surface area contributed by atoms with Crippen LogP contribution in [0.3, 0.4) is 0 Å². The normalized spacial score (nSPS) is 24.3. The molecule has 0 amide bonds. The van der Waals surface area contributed by atoms with E-state index in [1.54, 1.807) is 0 Å². The number of nitrogens with one attached hydrogen (secondary N) is 1. The zero-order chi connectivity index (χ0) is 15.4. The first-order valence-corrected chi connectivity index (χ1v) is 8.47. The van der Waals surface area contributed by atoms with Gasteiger partial charge in [-0.25, -0.2) is 0 Å². The minimum atomic E-state index is 0.419. The van der Waals surface area contributed by atoms with Gasteiger partial charge in [0.05, 0.1) is 0 Å². The van der Waals surface area contributed by atoms with Crippen LogP contribution in [-0.4, -0.2) is 31.6 Å². The van der Waals surface area contributed by atoms with Crippen LogP contribution < -0.4 is 5.32 Å². The van der Waals surface area contributed by atoms with Crippen molar-refractivity contribution in [3.8, 4) is 0 Å². The average molecular weight is 288 g/mol. The highest BCUT2D eigenvalue weighted by Gasteiger charge is 2.26. The van der Waals surface area contributed by atoms with Gasteiger partial charge in [-0.2, -0.15) is 0 Å². The highest BCUT2D eigenvalue weighted by molar-refractivity contribution is 5.30. The summed E-state index contributed by atoms with van der Waals surface area (Å²) >= 11 is 0. The minimum absolute atomic E-state index is 0.419. The van der Waals surface area contributed by atoms with E-state index in [0.29, 0.717) is 6.04 Å². The van der Waals surface area contributed by atoms with Crippen molar-refractivity contribution in [2.75, 3.05) is 20.6 Å². The molecule has 1 saturated carbocycles. The first kappa shape index (κ1) is 16.5. The Kier molecular flexibility index (Phi) is 5.83. The molecule has 21 heavy (non-hydrogen) atoms. The van der Waals surface area contributed by atoms with Crippen molar-refractivity contribution in [3.05, 3.63) is 34.9 Å². The van der Waals surface area contributed by atoms with E-state index in [-0.39, 0.29) is 0 Å². The Hall–Kier alpha value is -0.860. The van der Waals surface area contributed by atoms with Gasteiger partial charge >= 0.3 is 0 Å². The summed E-state index contributed by atoms with van der Waals surface area (Å²) in [6.45, 7) is 7.90. The molecule has 3 atom stereocenters. The molecular formula is C19H32N2. The molecule has 3 unspecified atom stereocenters. The van der Waals surface area contributed by atoms with Crippen LogP contribution in [0.1, 0.15) is 55.3 Å². The zero-order valence-corrected chi connectivity index (χ0v) is 14.4. The average Bonchev–Trinajstić information content (AvgIpc) is 2.43. The first-order valence-electron chi connectivity index (χ1n) is 8.47. The van der Waals surface area contributed by atoms with Gasteiger partial charge in [0, 0.05) is 18.6 Å². The summed E-state index contributed by atoms with van der Waals surface area (Å²) in [6.07, 6.45) is 5.56. The fourth-order valence-corrected chi connectivity index (χ4v) is 3.95. The summed E-state index contributed by atoms with van der Waals surface area (Å²) in [7, 11) is 4.39. The van der Waals surface area contributed by atoms with Crippen LogP contribution >= 0.6 is 0 Å². The van der Waals surface area contributed by atoms with Crippen LogP contribution in [0.2, 0.25) is 0 Å². The molecule has 1 N–H and O–H groups in total. The van der Waals surface area contributed by atoms with Crippen molar-refractivity contribution in [2.45, 2.75) is 58.5 Å². The number of rotatable bonds is 5. The monoisotopic (exact) mass is 288 g/mol. The largest absolute Gasteiger partial charge is 0.312 e. The number of likely N-dealkylation sites (N-methyl/N-ethyl adjacent to an activating group) is 2. The Labute approximate surface area is 130 Å². The second kappa shape index (κ2) is 7.42. The van der Waals surface area contributed by atoms with Crippen molar-refractivity contribution in [1.29, 1.82) is 0 Å². The van der Waals surface area contributed by atoms with Crippen LogP contribution in [-0.2, 0) is 0 Å². The summed E-state index contributed by atoms with van der Waals surface area (Å²) in [5.74, 6) is 0.834. The van der Waals surface area contributed by atoms with E-state index in [4.69, 9.17) is 0 Å². The van der Waals surface area contributed by atoms with E-state index >= 15 is 0 Å². The molecule has 0 aliphatic heterocycles. The summed E-state index contributed by atoms with van der Waals surface area (Å²) in [4.78, 5) is 2.59. The lowest BCUT2D eigenvalue weighted by atomic mass is 9.85. The van der Waals surface area contributed by atoms with Crippen molar-refractivity contribution in [1.82, 2.24) is 10.2 Å². The number of aryl methyl sites for hydroxylation is 2. The van der Waals surface area contributed by atoms with Crippen LogP contribution in [0.5, 0.6) is 0 Å². The molecule has 2 nitrogen and oxygen atoms in total. The number of hydrogen-bond donors (Lipinski definition) is 1. The summed E-state index contributed by atoms with van der Waals surface area (Å²) in [5, 5.41) is 3.52. The number of benzene rings is 1. The summed E-state index contributed by atoms with van der Waals surface area (Å²) in [6, 6.07) is 8.07. The second-order valence-electron chi connectivity index (χ2n) is 7.03. The van der Waals surface area contributed by atoms with E-state index in [2.05, 4.69) is 63.3 Å². The molecule has 1 aromatic carbocycles. The Morgan fingerprint density at radius 2 is 1.76 bits per heavy atom. The summed E-state index contributed by atoms with van der Waals surface area (Å²) < 4.78 is 0. The molecular weight excluding hydrogens is 256 g/mol. The van der Waals surface area contributed by atoms with Gasteiger partial charge in [-0.1, -0.05) is 49.1 Å². The Balaban J connectivity index is 2.07. The third-order valence-corrected chi connectivity index (χ3v) is 5.10. The van der Waals surface area contributed by atoms with Gasteiger partial charge in [-0.05, 0) is 52.3 Å². The zero-order valence-electron chi connectivity index (χ0n) is 14.4. The van der Waals surface area contributed by atoms with Crippen molar-refractivity contribution < 1.29 is 0 Å². The smallest absolute Gasteiger partial charge is 0.0447 e. The molecule has 0 aromatic heterocycles. The van der Waals surface area contributed by atoms with Gasteiger partial charge in [0.25, 0.3) is 0 Å². The maximum Gasteiger partial charge on any atom is 0.0447 e. The van der Waals surface area contributed by atoms with Gasteiger partial charge in [0.15, 0.2) is 0 Å². The first-order chi connectivity index (χ1) is 10.0. The van der Waals surface area contributed by atoms with Crippen LogP contribution in [0.25, 0.3) is 0 Å². The maximum absolute atomic E-state index is 3.52. The van der Waals surface area contributed by atoms with E-state index in [1.807, 2.05) is 0 Å². The van der Waals surface area contributed by atoms with Gasteiger partial charge in [-0.3, -0.25) is 0 Å². The van der Waals surface area contributed by atoms with Crippen LogP contribution in [0.15, 0.2) is 18.2 Å². The SMILES string of the molecule is CNC(CN(C)C1CCCCC1C)c1cc(C)cc(C)c1. The standard InChI is InChI=1S/C19H32N2/c1-14-10-15(2)12-17(11-14)18(20-4)13-21(5)19-9-7-6-8-16(19)3/h10-12,16,18-20H,6-9,13H2,1-5H3. The van der Waals surface area contributed by atoms with E-state index in [0.717, 1.165) is 18.5 Å². The molecule has 2 rings (SSSR count). The molecule has 1 aliphatic rings. The third kappa shape index (κ3) is 4.31. The van der Waals surface area contributed by atoms with Gasteiger partial charge in [0.1, 0.15) is 0 Å². The van der Waals surface area contributed by atoms with Crippen molar-refractivity contribution >= 4 is 0 Å². The molecule has 1 aliphatic carbocycles. The topological polar surface area (TPSA) is 15.3 Å². The van der Waals surface area contributed by atoms with Crippen molar-refractivity contribution in [2.24, 2.45) is 5.92 Å². The van der Waals surface area contributed by atoms with E-state index in [1.165, 1.54) is 42.4 Å². The lowest BCUT2D eigenvalue weighted by molar-refractivity contribution is 0.129. The summed E-state index contributed by atoms with van der Waals surface area (Å²) in [5.41, 5.74) is 4.14. The molecule has 2 heteroatoms. The molecule has 0 heterocycles. The highest BCUT2D eigenvalue weighted by atomic mass is 15.2. The van der Waals surface area contributed by atoms with Gasteiger partial charge < -0.3 is 10.2 Å². The molecule has 118 valence electrons. The molecule has 0 radical (unpaired) electrons. The fourth-order valence-electron chi connectivity index (χ4n) is 3.95. The molecule has 0 spiro atoms. The lowest BCUT2D eigenvalue weighted by Gasteiger charge is -2.38. The van der Waals surface area contributed by atoms with Crippen molar-refractivity contribution in [3.63, 3.8) is 0 Å². The third-order valence-electron chi connectivity index (χ3n) is 5.10. The molecule has 0 saturated heterocycles. The lowest BCUT2D eigenvalue weighted by Crippen LogP contribution is -2.42. The predicted octanol–water partition coefficient (Wildman–Crippen LogP) is 4.07. The Bertz CT molecular complexity index is 435. The Morgan fingerprint density at radius 3 is 2.33 bits per heavy atom. The van der Waals surface area contributed by atoms with Gasteiger partial charge in [-0.15, -0.1) is 0 Å². The molecule has 1 fully saturated rings. The van der Waals surface area contributed by atoms with E-state index < -0.39 is 0 Å². The van der Waals surface area contributed by atoms with Crippen LogP contribution in [0, 0.1) is 19.8 Å². The van der Waals surface area contributed by atoms with E-state index in [9.17, 15) is 0 Å². The van der Waals surface area contributed by atoms with Crippen LogP contribution in [0.4, 0.5) is 0 Å². The maximum atomic E-state index is 3.52. The number of nitrogens with zero attached hydrogens (tertiary/aromatic N) is 1. The molecule has 0 bridgehead atoms. The molecule has 1 aromatic rings. The highest BCUT2D eigenvalue weighted by Crippen LogP contribution is 2.28.